The van der Waals surface area contributed by atoms with Gasteiger partial charge in [0, 0.05) is 24.2 Å². The molecule has 0 saturated carbocycles. The molecule has 1 saturated heterocycles. The van der Waals surface area contributed by atoms with Crippen molar-refractivity contribution in [1.29, 1.82) is 0 Å². The summed E-state index contributed by atoms with van der Waals surface area (Å²) in [7, 11) is 0. The van der Waals surface area contributed by atoms with Crippen LogP contribution in [0.5, 0.6) is 5.75 Å². The van der Waals surface area contributed by atoms with E-state index < -0.39 is 6.36 Å². The molecule has 3 heterocycles. The number of benzene rings is 2. The lowest BCUT2D eigenvalue weighted by atomic mass is 9.93. The Kier molecular flexibility index (Phi) is 6.75. The smallest absolute Gasteiger partial charge is 0.444 e. The summed E-state index contributed by atoms with van der Waals surface area (Å²) in [6.45, 7) is 4.75. The van der Waals surface area contributed by atoms with E-state index in [2.05, 4.69) is 10.1 Å². The molecule has 2 aliphatic heterocycles. The molecule has 1 N–H and O–H groups in total. The number of hydrogen-bond donors (Lipinski definition) is 1. The zero-order chi connectivity index (χ0) is 25.3. The van der Waals surface area contributed by atoms with E-state index in [9.17, 15) is 18.0 Å². The van der Waals surface area contributed by atoms with E-state index in [1.165, 1.54) is 37.1 Å². The van der Waals surface area contributed by atoms with E-state index >= 15 is 0 Å². The van der Waals surface area contributed by atoms with Crippen molar-refractivity contribution in [2.45, 2.75) is 52.1 Å². The third-order valence-electron chi connectivity index (χ3n) is 6.88. The fourth-order valence-electron chi connectivity index (χ4n) is 5.07. The molecule has 0 bridgehead atoms. The van der Waals surface area contributed by atoms with Crippen LogP contribution in [0.4, 0.5) is 13.2 Å². The zero-order valence-electron chi connectivity index (χ0n) is 20.0. The largest absolute Gasteiger partial charge is 0.573 e. The van der Waals surface area contributed by atoms with Gasteiger partial charge in [0.1, 0.15) is 12.0 Å². The van der Waals surface area contributed by atoms with E-state index in [0.29, 0.717) is 18.0 Å². The third kappa shape index (κ3) is 5.56. The highest BCUT2D eigenvalue weighted by Crippen LogP contribution is 2.33. The van der Waals surface area contributed by atoms with Gasteiger partial charge in [-0.05, 0) is 92.6 Å². The van der Waals surface area contributed by atoms with E-state index in [0.717, 1.165) is 59.8 Å². The molecule has 1 amide bonds. The monoisotopic (exact) mass is 499 g/mol. The molecule has 3 aromatic rings. The summed E-state index contributed by atoms with van der Waals surface area (Å²) in [6, 6.07) is 9.45. The molecule has 2 aromatic carbocycles. The number of nitrogens with one attached hydrogen (secondary N) is 1. The molecule has 1 aromatic heterocycles. The highest BCUT2D eigenvalue weighted by atomic mass is 19.4. The van der Waals surface area contributed by atoms with Crippen molar-refractivity contribution in [3.63, 3.8) is 0 Å². The van der Waals surface area contributed by atoms with Crippen molar-refractivity contribution in [2.24, 2.45) is 5.92 Å². The number of aromatic nitrogens is 1. The Morgan fingerprint density at radius 2 is 1.92 bits per heavy atom. The second-order valence-corrected chi connectivity index (χ2v) is 9.56. The average molecular weight is 500 g/mol. The number of hydrogen-bond acceptors (Lipinski definition) is 5. The first-order valence-corrected chi connectivity index (χ1v) is 12.2. The second-order valence-electron chi connectivity index (χ2n) is 9.56. The Bertz CT molecular complexity index is 1230. The standard InChI is InChI=1S/C27H28F3N3O3/c1-17-12-20(25-32-22(16-35-25)5-2-18-8-10-31-11-9-18)13-21-15-33(26(34)24(17)21)14-19-3-6-23(7-4-19)36-27(28,29)30/h3-4,6-7,12-13,16,18,31H,2,5,8-11,14-15H2,1H3. The minimum atomic E-state index is -4.74. The minimum absolute atomic E-state index is 0.0975. The van der Waals surface area contributed by atoms with Gasteiger partial charge in [-0.25, -0.2) is 4.98 Å². The van der Waals surface area contributed by atoms with Gasteiger partial charge in [0.2, 0.25) is 5.89 Å². The van der Waals surface area contributed by atoms with Gasteiger partial charge >= 0.3 is 6.36 Å². The van der Waals surface area contributed by atoms with E-state index in [-0.39, 0.29) is 18.2 Å². The molecule has 0 aliphatic carbocycles. The molecular formula is C27H28F3N3O3. The number of fused-ring (bicyclic) bond motifs is 1. The van der Waals surface area contributed by atoms with Gasteiger partial charge in [0.25, 0.3) is 5.91 Å². The van der Waals surface area contributed by atoms with Gasteiger partial charge in [-0.2, -0.15) is 0 Å². The van der Waals surface area contributed by atoms with Gasteiger partial charge in [-0.3, -0.25) is 4.79 Å². The number of amides is 1. The predicted octanol–water partition coefficient (Wildman–Crippen LogP) is 5.64. The molecule has 2 aliphatic rings. The van der Waals surface area contributed by atoms with Gasteiger partial charge in [0.05, 0.1) is 5.69 Å². The normalized spacial score (nSPS) is 16.4. The molecule has 0 atom stereocenters. The van der Waals surface area contributed by atoms with Crippen LogP contribution in [-0.2, 0) is 19.5 Å². The van der Waals surface area contributed by atoms with Crippen molar-refractivity contribution >= 4 is 5.91 Å². The van der Waals surface area contributed by atoms with Gasteiger partial charge in [-0.15, -0.1) is 13.2 Å². The average Bonchev–Trinajstić information content (AvgIpc) is 3.44. The fourth-order valence-corrected chi connectivity index (χ4v) is 5.07. The first kappa shape index (κ1) is 24.4. The number of carbonyl (C=O) groups is 1. The number of halogens is 3. The molecule has 190 valence electrons. The number of rotatable bonds is 7. The Balaban J connectivity index is 1.25. The summed E-state index contributed by atoms with van der Waals surface area (Å²) in [6.07, 6.45) is 1.37. The van der Waals surface area contributed by atoms with Gasteiger partial charge in [0.15, 0.2) is 0 Å². The van der Waals surface area contributed by atoms with Gasteiger partial charge in [-0.1, -0.05) is 12.1 Å². The number of oxazole rings is 1. The van der Waals surface area contributed by atoms with Crippen molar-refractivity contribution < 1.29 is 27.1 Å². The first-order valence-electron chi connectivity index (χ1n) is 12.2. The molecule has 0 unspecified atom stereocenters. The van der Waals surface area contributed by atoms with Gasteiger partial charge < -0.3 is 19.4 Å². The molecular weight excluding hydrogens is 471 g/mol. The molecule has 36 heavy (non-hydrogen) atoms. The van der Waals surface area contributed by atoms with E-state index in [4.69, 9.17) is 9.40 Å². The van der Waals surface area contributed by atoms with Crippen LogP contribution in [0, 0.1) is 12.8 Å². The molecule has 1 fully saturated rings. The quantitative estimate of drug-likeness (QED) is 0.456. The lowest BCUT2D eigenvalue weighted by Gasteiger charge is -2.21. The number of ether oxygens (including phenoxy) is 1. The topological polar surface area (TPSA) is 67.6 Å². The summed E-state index contributed by atoms with van der Waals surface area (Å²) in [5.41, 5.74) is 4.89. The third-order valence-corrected chi connectivity index (χ3v) is 6.88. The van der Waals surface area contributed by atoms with Crippen LogP contribution in [0.1, 0.15) is 52.0 Å². The predicted molar refractivity (Wildman–Crippen MR) is 127 cm³/mol. The Hall–Kier alpha value is -3.33. The lowest BCUT2D eigenvalue weighted by molar-refractivity contribution is -0.274. The number of piperidine rings is 1. The molecule has 9 heteroatoms. The van der Waals surface area contributed by atoms with Crippen molar-refractivity contribution in [3.8, 4) is 17.2 Å². The van der Waals surface area contributed by atoms with Crippen LogP contribution in [0.15, 0.2) is 47.1 Å². The number of alkyl halides is 3. The maximum Gasteiger partial charge on any atom is 0.573 e. The van der Waals surface area contributed by atoms with Crippen LogP contribution >= 0.6 is 0 Å². The number of carbonyl (C=O) groups excluding carboxylic acids is 1. The van der Waals surface area contributed by atoms with Crippen LogP contribution in [0.3, 0.4) is 0 Å². The zero-order valence-corrected chi connectivity index (χ0v) is 20.0. The number of aryl methyl sites for hydroxylation is 2. The summed E-state index contributed by atoms with van der Waals surface area (Å²) in [5, 5.41) is 3.39. The van der Waals surface area contributed by atoms with Crippen LogP contribution in [-0.4, -0.2) is 35.2 Å². The Morgan fingerprint density at radius 1 is 1.17 bits per heavy atom. The van der Waals surface area contributed by atoms with Crippen LogP contribution < -0.4 is 10.1 Å². The summed E-state index contributed by atoms with van der Waals surface area (Å²) in [5.74, 6) is 0.884. The number of nitrogens with zero attached hydrogens (tertiary/aromatic N) is 2. The Labute approximate surface area is 207 Å². The first-order chi connectivity index (χ1) is 17.2. The molecule has 6 nitrogen and oxygen atoms in total. The summed E-state index contributed by atoms with van der Waals surface area (Å²) in [4.78, 5) is 19.5. The van der Waals surface area contributed by atoms with E-state index in [1.54, 1.807) is 11.2 Å². The van der Waals surface area contributed by atoms with Crippen molar-refractivity contribution in [2.75, 3.05) is 13.1 Å². The highest BCUT2D eigenvalue weighted by Gasteiger charge is 2.32. The summed E-state index contributed by atoms with van der Waals surface area (Å²) < 4.78 is 46.9. The maximum atomic E-state index is 13.1. The van der Waals surface area contributed by atoms with E-state index in [1.807, 2.05) is 19.1 Å². The van der Waals surface area contributed by atoms with Crippen molar-refractivity contribution in [3.05, 3.63) is 70.6 Å². The summed E-state index contributed by atoms with van der Waals surface area (Å²) >= 11 is 0. The second kappa shape index (κ2) is 9.97. The van der Waals surface area contributed by atoms with Crippen LogP contribution in [0.25, 0.3) is 11.5 Å². The lowest BCUT2D eigenvalue weighted by Crippen LogP contribution is -2.27. The fraction of sp³-hybridized carbons (Fsp3) is 0.407. The highest BCUT2D eigenvalue weighted by molar-refractivity contribution is 6.00. The van der Waals surface area contributed by atoms with Crippen LogP contribution in [0.2, 0.25) is 0 Å². The molecule has 5 rings (SSSR count). The maximum absolute atomic E-state index is 13.1. The van der Waals surface area contributed by atoms with Crippen molar-refractivity contribution in [1.82, 2.24) is 15.2 Å². The Morgan fingerprint density at radius 3 is 2.64 bits per heavy atom. The SMILES string of the molecule is Cc1cc(-c2nc(CCC3CCNCC3)co2)cc2c1C(=O)N(Cc1ccc(OC(F)(F)F)cc1)C2. The molecule has 0 radical (unpaired) electrons. The minimum Gasteiger partial charge on any atom is -0.444 e. The molecule has 0 spiro atoms.